The summed E-state index contributed by atoms with van der Waals surface area (Å²) in [6.07, 6.45) is -2.39. The Hall–Kier alpha value is -2.15. The van der Waals surface area contributed by atoms with Gasteiger partial charge in [-0.3, -0.25) is 0 Å². The molecule has 3 rings (SSSR count). The Morgan fingerprint density at radius 3 is 2.48 bits per heavy atom. The van der Waals surface area contributed by atoms with Crippen molar-refractivity contribution in [3.63, 3.8) is 0 Å². The largest absolute Gasteiger partial charge is 0.478 e. The van der Waals surface area contributed by atoms with Crippen LogP contribution in [0.25, 0.3) is 0 Å². The van der Waals surface area contributed by atoms with Gasteiger partial charge in [-0.25, -0.2) is 9.18 Å². The van der Waals surface area contributed by atoms with Crippen molar-refractivity contribution in [2.45, 2.75) is 43.7 Å². The zero-order valence-corrected chi connectivity index (χ0v) is 13.6. The van der Waals surface area contributed by atoms with Gasteiger partial charge in [0.2, 0.25) is 5.67 Å². The maximum absolute atomic E-state index is 14.5. The van der Waals surface area contributed by atoms with Crippen LogP contribution in [0.3, 0.4) is 0 Å². The first-order valence-corrected chi connectivity index (χ1v) is 7.75. The molecule has 1 heterocycles. The number of carboxylic acids is 1. The summed E-state index contributed by atoms with van der Waals surface area (Å²) in [6.45, 7) is 3.39. The van der Waals surface area contributed by atoms with Gasteiger partial charge in [-0.15, -0.1) is 0 Å². The molecular weight excluding hydrogens is 338 g/mol. The number of fused-ring (bicyclic) bond motifs is 1. The quantitative estimate of drug-likeness (QED) is 0.783. The third kappa shape index (κ3) is 2.97. The highest BCUT2D eigenvalue weighted by Gasteiger charge is 2.47. The Labute approximate surface area is 142 Å². The van der Waals surface area contributed by atoms with Crippen molar-refractivity contribution in [2.75, 3.05) is 0 Å². The molecule has 2 N–H and O–H groups in total. The van der Waals surface area contributed by atoms with E-state index in [2.05, 4.69) is 5.32 Å². The molecule has 0 saturated carbocycles. The molecule has 1 saturated heterocycles. The molecule has 0 aromatic heterocycles. The van der Waals surface area contributed by atoms with Gasteiger partial charge in [-0.2, -0.15) is 13.2 Å². The summed E-state index contributed by atoms with van der Waals surface area (Å²) >= 11 is 0. The number of hydrogen-bond acceptors (Lipinski definition) is 2. The van der Waals surface area contributed by atoms with Crippen LogP contribution in [0.2, 0.25) is 0 Å². The molecule has 134 valence electrons. The lowest BCUT2D eigenvalue weighted by Crippen LogP contribution is -2.47. The molecule has 2 atom stereocenters. The van der Waals surface area contributed by atoms with E-state index in [0.29, 0.717) is 11.1 Å². The third-order valence-corrected chi connectivity index (χ3v) is 4.69. The topological polar surface area (TPSA) is 49.3 Å². The Balaban J connectivity index is 2.05. The molecule has 1 fully saturated rings. The lowest BCUT2D eigenvalue weighted by atomic mass is 9.79. The zero-order valence-electron chi connectivity index (χ0n) is 13.6. The van der Waals surface area contributed by atoms with Crippen LogP contribution < -0.4 is 5.32 Å². The van der Waals surface area contributed by atoms with Gasteiger partial charge in [0, 0.05) is 11.6 Å². The van der Waals surface area contributed by atoms with Gasteiger partial charge in [0.15, 0.2) is 0 Å². The predicted molar refractivity (Wildman–Crippen MR) is 83.7 cm³/mol. The molecule has 1 aliphatic carbocycles. The second-order valence-electron chi connectivity index (χ2n) is 6.91. The van der Waals surface area contributed by atoms with E-state index in [4.69, 9.17) is 5.11 Å². The van der Waals surface area contributed by atoms with Gasteiger partial charge in [-0.1, -0.05) is 18.2 Å². The van der Waals surface area contributed by atoms with Crippen molar-refractivity contribution in [1.29, 1.82) is 0 Å². The Morgan fingerprint density at radius 1 is 1.24 bits per heavy atom. The first kappa shape index (κ1) is 17.7. The SMILES string of the molecule is CC1(C)NC(c2ccccc2C(F)(F)F)CC2=CC(F)(C(=O)O)C=C21. The Kier molecular flexibility index (Phi) is 3.83. The summed E-state index contributed by atoms with van der Waals surface area (Å²) in [7, 11) is 0. The van der Waals surface area contributed by atoms with Gasteiger partial charge in [0.25, 0.3) is 0 Å². The molecule has 1 aliphatic heterocycles. The fourth-order valence-corrected chi connectivity index (χ4v) is 3.58. The molecular formula is C18H17F4NO2. The van der Waals surface area contributed by atoms with Crippen molar-refractivity contribution in [2.24, 2.45) is 0 Å². The zero-order chi connectivity index (χ0) is 18.6. The Morgan fingerprint density at radius 2 is 1.88 bits per heavy atom. The normalized spacial score (nSPS) is 28.2. The summed E-state index contributed by atoms with van der Waals surface area (Å²) in [5.74, 6) is -1.63. The molecule has 25 heavy (non-hydrogen) atoms. The summed E-state index contributed by atoms with van der Waals surface area (Å²) in [6, 6.07) is 4.53. The molecule has 1 aromatic carbocycles. The van der Waals surface area contributed by atoms with Crippen LogP contribution in [0.5, 0.6) is 0 Å². The van der Waals surface area contributed by atoms with Crippen molar-refractivity contribution in [3.05, 3.63) is 58.7 Å². The first-order chi connectivity index (χ1) is 11.4. The van der Waals surface area contributed by atoms with E-state index >= 15 is 0 Å². The second kappa shape index (κ2) is 5.42. The van der Waals surface area contributed by atoms with Crippen molar-refractivity contribution < 1.29 is 27.5 Å². The smallest absolute Gasteiger partial charge is 0.416 e. The highest BCUT2D eigenvalue weighted by Crippen LogP contribution is 2.46. The lowest BCUT2D eigenvalue weighted by Gasteiger charge is -2.41. The van der Waals surface area contributed by atoms with Crippen LogP contribution in [0.4, 0.5) is 17.6 Å². The predicted octanol–water partition coefficient (Wildman–Crippen LogP) is 4.18. The number of alkyl halides is 4. The highest BCUT2D eigenvalue weighted by atomic mass is 19.4. The standard InChI is InChI=1S/C18H17F4NO2/c1-16(2)13-9-17(19,15(24)25)8-10(13)7-14(23-16)11-5-3-4-6-12(11)18(20,21)22/h3-6,8-9,14,23H,7H2,1-2H3,(H,24,25). The number of piperidine rings is 1. The van der Waals surface area contributed by atoms with Gasteiger partial charge < -0.3 is 10.4 Å². The molecule has 0 spiro atoms. The summed E-state index contributed by atoms with van der Waals surface area (Å²) in [5.41, 5.74) is -3.28. The van der Waals surface area contributed by atoms with Crippen molar-refractivity contribution >= 4 is 5.97 Å². The van der Waals surface area contributed by atoms with E-state index < -0.39 is 35.0 Å². The fourth-order valence-electron chi connectivity index (χ4n) is 3.58. The molecule has 2 aliphatic rings. The lowest BCUT2D eigenvalue weighted by molar-refractivity contribution is -0.144. The van der Waals surface area contributed by atoms with Crippen molar-refractivity contribution in [3.8, 4) is 0 Å². The van der Waals surface area contributed by atoms with Crippen LogP contribution in [0.1, 0.15) is 37.4 Å². The molecule has 0 radical (unpaired) electrons. The minimum Gasteiger partial charge on any atom is -0.478 e. The van der Waals surface area contributed by atoms with Gasteiger partial charge in [-0.05, 0) is 55.2 Å². The number of aliphatic carboxylic acids is 1. The summed E-state index contributed by atoms with van der Waals surface area (Å²) < 4.78 is 54.4. The average Bonchev–Trinajstić information content (AvgIpc) is 2.85. The number of halogens is 4. The second-order valence-corrected chi connectivity index (χ2v) is 6.91. The van der Waals surface area contributed by atoms with Crippen LogP contribution in [0.15, 0.2) is 47.6 Å². The number of benzene rings is 1. The van der Waals surface area contributed by atoms with Crippen LogP contribution in [-0.2, 0) is 11.0 Å². The van der Waals surface area contributed by atoms with E-state index in [1.807, 2.05) is 0 Å². The summed E-state index contributed by atoms with van der Waals surface area (Å²) in [5, 5.41) is 12.2. The average molecular weight is 355 g/mol. The van der Waals surface area contributed by atoms with Crippen LogP contribution in [0, 0.1) is 0 Å². The fraction of sp³-hybridized carbons (Fsp3) is 0.389. The number of rotatable bonds is 2. The number of nitrogens with one attached hydrogen (secondary N) is 1. The van der Waals surface area contributed by atoms with E-state index in [1.54, 1.807) is 13.8 Å². The van der Waals surface area contributed by atoms with Gasteiger partial charge in [0.05, 0.1) is 5.56 Å². The number of carboxylic acid groups (broad SMARTS) is 1. The van der Waals surface area contributed by atoms with E-state index in [1.165, 1.54) is 18.2 Å². The number of hydrogen-bond donors (Lipinski definition) is 2. The third-order valence-electron chi connectivity index (χ3n) is 4.69. The monoisotopic (exact) mass is 355 g/mol. The molecule has 1 aromatic rings. The van der Waals surface area contributed by atoms with Gasteiger partial charge >= 0.3 is 12.1 Å². The highest BCUT2D eigenvalue weighted by molar-refractivity contribution is 5.85. The molecule has 2 unspecified atom stereocenters. The molecule has 0 bridgehead atoms. The summed E-state index contributed by atoms with van der Waals surface area (Å²) in [4.78, 5) is 11.2. The maximum Gasteiger partial charge on any atom is 0.416 e. The van der Waals surface area contributed by atoms with Gasteiger partial charge in [0.1, 0.15) is 0 Å². The first-order valence-electron chi connectivity index (χ1n) is 7.75. The molecule has 0 amide bonds. The maximum atomic E-state index is 14.5. The van der Waals surface area contributed by atoms with Crippen LogP contribution >= 0.6 is 0 Å². The molecule has 7 heteroatoms. The minimum atomic E-state index is -4.51. The number of carbonyl (C=O) groups is 1. The molecule has 3 nitrogen and oxygen atoms in total. The van der Waals surface area contributed by atoms with Crippen molar-refractivity contribution in [1.82, 2.24) is 5.32 Å². The van der Waals surface area contributed by atoms with E-state index in [-0.39, 0.29) is 12.0 Å². The van der Waals surface area contributed by atoms with Crippen LogP contribution in [-0.4, -0.2) is 22.3 Å². The van der Waals surface area contributed by atoms with E-state index in [0.717, 1.165) is 18.2 Å². The Bertz CT molecular complexity index is 795. The minimum absolute atomic E-state index is 0.0645. The van der Waals surface area contributed by atoms with E-state index in [9.17, 15) is 22.4 Å².